The van der Waals surface area contributed by atoms with Crippen LogP contribution in [0.1, 0.15) is 59.3 Å². The number of carbonyl (C=O) groups excluding carboxylic acids is 1. The molecule has 3 atom stereocenters. The van der Waals surface area contributed by atoms with E-state index in [1.165, 1.54) is 6.42 Å². The molecule has 2 aliphatic heterocycles. The van der Waals surface area contributed by atoms with Gasteiger partial charge in [0.1, 0.15) is 0 Å². The monoisotopic (exact) mass is 282 g/mol. The van der Waals surface area contributed by atoms with Crippen molar-refractivity contribution in [1.82, 2.24) is 10.6 Å². The summed E-state index contributed by atoms with van der Waals surface area (Å²) in [6.45, 7) is 8.31. The first-order valence-electron chi connectivity index (χ1n) is 8.26. The maximum absolute atomic E-state index is 12.4. The van der Waals surface area contributed by atoms with Crippen molar-refractivity contribution in [3.05, 3.63) is 0 Å². The Morgan fingerprint density at radius 3 is 2.75 bits per heavy atom. The topological polar surface area (TPSA) is 50.4 Å². The Labute approximate surface area is 123 Å². The SMILES string of the molecule is CCC1(CC)CC(NC(=O)C2CC(C)CCN2)CCO1. The molecule has 0 bridgehead atoms. The standard InChI is InChI=1S/C16H30N2O2/c1-4-16(5-2)11-13(7-9-20-16)18-15(19)14-10-12(3)6-8-17-14/h12-14,17H,4-11H2,1-3H3,(H,18,19). The molecule has 20 heavy (non-hydrogen) atoms. The minimum absolute atomic E-state index is 0.000696. The van der Waals surface area contributed by atoms with Crippen LogP contribution in [0.2, 0.25) is 0 Å². The lowest BCUT2D eigenvalue weighted by molar-refractivity contribution is -0.128. The van der Waals surface area contributed by atoms with Crippen molar-refractivity contribution in [2.24, 2.45) is 5.92 Å². The zero-order valence-corrected chi connectivity index (χ0v) is 13.2. The molecule has 0 aliphatic carbocycles. The van der Waals surface area contributed by atoms with Crippen LogP contribution in [0.25, 0.3) is 0 Å². The number of ether oxygens (including phenoxy) is 1. The molecular weight excluding hydrogens is 252 g/mol. The molecule has 2 aliphatic rings. The molecule has 0 aromatic carbocycles. The lowest BCUT2D eigenvalue weighted by Crippen LogP contribution is -2.54. The maximum atomic E-state index is 12.4. The van der Waals surface area contributed by atoms with Gasteiger partial charge in [-0.25, -0.2) is 0 Å². The molecule has 2 N–H and O–H groups in total. The first-order chi connectivity index (χ1) is 9.58. The molecule has 0 saturated carbocycles. The summed E-state index contributed by atoms with van der Waals surface area (Å²) in [6.07, 6.45) is 6.07. The van der Waals surface area contributed by atoms with Crippen LogP contribution in [0.4, 0.5) is 0 Å². The first-order valence-corrected chi connectivity index (χ1v) is 8.26. The van der Waals surface area contributed by atoms with E-state index < -0.39 is 0 Å². The van der Waals surface area contributed by atoms with Gasteiger partial charge in [-0.15, -0.1) is 0 Å². The minimum Gasteiger partial charge on any atom is -0.375 e. The largest absolute Gasteiger partial charge is 0.375 e. The zero-order valence-electron chi connectivity index (χ0n) is 13.2. The molecule has 0 aromatic rings. The van der Waals surface area contributed by atoms with Crippen molar-refractivity contribution in [2.75, 3.05) is 13.2 Å². The molecule has 1 amide bonds. The highest BCUT2D eigenvalue weighted by Crippen LogP contribution is 2.31. The van der Waals surface area contributed by atoms with Crippen molar-refractivity contribution in [2.45, 2.75) is 77.0 Å². The number of nitrogens with one attached hydrogen (secondary N) is 2. The number of amides is 1. The van der Waals surface area contributed by atoms with Gasteiger partial charge >= 0.3 is 0 Å². The van der Waals surface area contributed by atoms with E-state index in [-0.39, 0.29) is 23.6 Å². The molecule has 4 nitrogen and oxygen atoms in total. The third-order valence-corrected chi connectivity index (χ3v) is 5.11. The Morgan fingerprint density at radius 1 is 1.35 bits per heavy atom. The molecule has 2 saturated heterocycles. The normalized spacial score (nSPS) is 33.6. The summed E-state index contributed by atoms with van der Waals surface area (Å²) in [5.74, 6) is 0.830. The van der Waals surface area contributed by atoms with Gasteiger partial charge in [-0.1, -0.05) is 20.8 Å². The van der Waals surface area contributed by atoms with Crippen molar-refractivity contribution in [1.29, 1.82) is 0 Å². The van der Waals surface area contributed by atoms with E-state index in [1.54, 1.807) is 0 Å². The molecule has 0 radical (unpaired) electrons. The van der Waals surface area contributed by atoms with Crippen LogP contribution < -0.4 is 10.6 Å². The fourth-order valence-corrected chi connectivity index (χ4v) is 3.50. The van der Waals surface area contributed by atoms with E-state index in [0.29, 0.717) is 5.92 Å². The smallest absolute Gasteiger partial charge is 0.237 e. The van der Waals surface area contributed by atoms with E-state index >= 15 is 0 Å². The van der Waals surface area contributed by atoms with Gasteiger partial charge in [0.25, 0.3) is 0 Å². The quantitative estimate of drug-likeness (QED) is 0.831. The molecule has 0 spiro atoms. The lowest BCUT2D eigenvalue weighted by atomic mass is 9.85. The highest BCUT2D eigenvalue weighted by molar-refractivity contribution is 5.82. The van der Waals surface area contributed by atoms with Gasteiger partial charge in [0.05, 0.1) is 11.6 Å². The molecule has 2 heterocycles. The van der Waals surface area contributed by atoms with Crippen LogP contribution in [0.5, 0.6) is 0 Å². The summed E-state index contributed by atoms with van der Waals surface area (Å²) in [7, 11) is 0. The van der Waals surface area contributed by atoms with Gasteiger partial charge in [0.2, 0.25) is 5.91 Å². The van der Waals surface area contributed by atoms with Crippen molar-refractivity contribution in [3.8, 4) is 0 Å². The predicted molar refractivity (Wildman–Crippen MR) is 80.6 cm³/mol. The summed E-state index contributed by atoms with van der Waals surface area (Å²) in [6, 6.07) is 0.273. The number of piperidine rings is 1. The van der Waals surface area contributed by atoms with Crippen molar-refractivity contribution >= 4 is 5.91 Å². The summed E-state index contributed by atoms with van der Waals surface area (Å²) in [5.41, 5.74) is -0.0243. The third-order valence-electron chi connectivity index (χ3n) is 5.11. The fourth-order valence-electron chi connectivity index (χ4n) is 3.50. The highest BCUT2D eigenvalue weighted by Gasteiger charge is 2.36. The Bertz CT molecular complexity index is 328. The second-order valence-corrected chi connectivity index (χ2v) is 6.57. The van der Waals surface area contributed by atoms with Crippen LogP contribution in [0.15, 0.2) is 0 Å². The van der Waals surface area contributed by atoms with E-state index in [4.69, 9.17) is 4.74 Å². The van der Waals surface area contributed by atoms with Gasteiger partial charge in [-0.05, 0) is 51.0 Å². The summed E-state index contributed by atoms with van der Waals surface area (Å²) < 4.78 is 5.97. The van der Waals surface area contributed by atoms with E-state index in [0.717, 1.165) is 45.3 Å². The Morgan fingerprint density at radius 2 is 2.10 bits per heavy atom. The van der Waals surface area contributed by atoms with Crippen molar-refractivity contribution in [3.63, 3.8) is 0 Å². The van der Waals surface area contributed by atoms with E-state index in [2.05, 4.69) is 31.4 Å². The molecule has 3 unspecified atom stereocenters. The number of carbonyl (C=O) groups is 1. The molecule has 2 rings (SSSR count). The number of rotatable bonds is 4. The zero-order chi connectivity index (χ0) is 14.6. The van der Waals surface area contributed by atoms with Crippen LogP contribution >= 0.6 is 0 Å². The second-order valence-electron chi connectivity index (χ2n) is 6.57. The third kappa shape index (κ3) is 3.73. The summed E-state index contributed by atoms with van der Waals surface area (Å²) >= 11 is 0. The average molecular weight is 282 g/mol. The maximum Gasteiger partial charge on any atom is 0.237 e. The lowest BCUT2D eigenvalue weighted by Gasteiger charge is -2.40. The summed E-state index contributed by atoms with van der Waals surface area (Å²) in [4.78, 5) is 12.4. The molecular formula is C16H30N2O2. The Balaban J connectivity index is 1.87. The molecule has 4 heteroatoms. The summed E-state index contributed by atoms with van der Waals surface area (Å²) in [5, 5.41) is 6.60. The fraction of sp³-hybridized carbons (Fsp3) is 0.938. The van der Waals surface area contributed by atoms with Crippen molar-refractivity contribution < 1.29 is 9.53 Å². The van der Waals surface area contributed by atoms with Crippen LogP contribution in [-0.4, -0.2) is 36.7 Å². The predicted octanol–water partition coefficient (Wildman–Crippen LogP) is 2.23. The van der Waals surface area contributed by atoms with Gasteiger partial charge < -0.3 is 15.4 Å². The van der Waals surface area contributed by atoms with E-state index in [9.17, 15) is 4.79 Å². The van der Waals surface area contributed by atoms with E-state index in [1.807, 2.05) is 0 Å². The highest BCUT2D eigenvalue weighted by atomic mass is 16.5. The second kappa shape index (κ2) is 6.90. The number of hydrogen-bond acceptors (Lipinski definition) is 3. The molecule has 2 fully saturated rings. The van der Waals surface area contributed by atoms with Crippen LogP contribution in [0, 0.1) is 5.92 Å². The number of hydrogen-bond donors (Lipinski definition) is 2. The molecule has 116 valence electrons. The average Bonchev–Trinajstić information content (AvgIpc) is 2.47. The minimum atomic E-state index is -0.0243. The van der Waals surface area contributed by atoms with Crippen LogP contribution in [-0.2, 0) is 9.53 Å². The Kier molecular flexibility index (Phi) is 5.44. The van der Waals surface area contributed by atoms with Crippen LogP contribution in [0.3, 0.4) is 0 Å². The van der Waals surface area contributed by atoms with Gasteiger partial charge in [0.15, 0.2) is 0 Å². The van der Waals surface area contributed by atoms with Gasteiger partial charge in [-0.2, -0.15) is 0 Å². The molecule has 0 aromatic heterocycles. The Hall–Kier alpha value is -0.610. The van der Waals surface area contributed by atoms with Gasteiger partial charge in [-0.3, -0.25) is 4.79 Å². The first kappa shape index (κ1) is 15.8. The van der Waals surface area contributed by atoms with Gasteiger partial charge in [0, 0.05) is 12.6 Å².